The smallest absolute Gasteiger partial charge is 0.239 e. The third kappa shape index (κ3) is 3.90. The van der Waals surface area contributed by atoms with Gasteiger partial charge < -0.3 is 26.2 Å². The lowest BCUT2D eigenvalue weighted by atomic mass is 10.1. The Kier molecular flexibility index (Phi) is 4.94. The predicted octanol–water partition coefficient (Wildman–Crippen LogP) is -0.225. The number of carbonyl (C=O) groups is 1. The van der Waals surface area contributed by atoms with E-state index in [1.807, 2.05) is 19.0 Å². The summed E-state index contributed by atoms with van der Waals surface area (Å²) < 4.78 is 0. The minimum absolute atomic E-state index is 0.227. The first-order valence-corrected chi connectivity index (χ1v) is 5.61. The zero-order valence-electron chi connectivity index (χ0n) is 10.6. The molecule has 0 aromatic heterocycles. The Balaban J connectivity index is 2.78. The minimum Gasteiger partial charge on any atom is -0.504 e. The predicted molar refractivity (Wildman–Crippen MR) is 68.3 cm³/mol. The Morgan fingerprint density at radius 1 is 1.39 bits per heavy atom. The third-order valence-electron chi connectivity index (χ3n) is 2.52. The van der Waals surface area contributed by atoms with Crippen molar-refractivity contribution in [2.45, 2.75) is 6.04 Å². The van der Waals surface area contributed by atoms with Gasteiger partial charge in [-0.1, -0.05) is 6.07 Å². The number of hydrogen-bond donors (Lipinski definition) is 4. The number of phenols is 2. The van der Waals surface area contributed by atoms with E-state index < -0.39 is 11.9 Å². The molecule has 0 aliphatic heterocycles. The van der Waals surface area contributed by atoms with Crippen LogP contribution in [0, 0.1) is 0 Å². The largest absolute Gasteiger partial charge is 0.504 e. The molecule has 0 aliphatic rings. The molecule has 0 spiro atoms. The van der Waals surface area contributed by atoms with E-state index in [4.69, 9.17) is 5.73 Å². The van der Waals surface area contributed by atoms with Crippen LogP contribution in [0.3, 0.4) is 0 Å². The maximum atomic E-state index is 11.4. The first-order valence-electron chi connectivity index (χ1n) is 5.61. The number of rotatable bonds is 6. The maximum Gasteiger partial charge on any atom is 0.239 e. The number of aromatic hydroxyl groups is 2. The molecule has 1 amide bonds. The summed E-state index contributed by atoms with van der Waals surface area (Å²) in [5.74, 6) is -1.03. The van der Waals surface area contributed by atoms with E-state index in [1.54, 1.807) is 6.07 Å². The fourth-order valence-corrected chi connectivity index (χ4v) is 1.54. The van der Waals surface area contributed by atoms with Gasteiger partial charge in [0.05, 0.1) is 0 Å². The summed E-state index contributed by atoms with van der Waals surface area (Å²) >= 11 is 0. The molecule has 1 aromatic rings. The Bertz CT molecular complexity index is 421. The van der Waals surface area contributed by atoms with Crippen molar-refractivity contribution in [1.29, 1.82) is 0 Å². The highest BCUT2D eigenvalue weighted by molar-refractivity contribution is 5.81. The van der Waals surface area contributed by atoms with Crippen LogP contribution in [0.2, 0.25) is 0 Å². The van der Waals surface area contributed by atoms with E-state index >= 15 is 0 Å². The molecule has 1 aromatic carbocycles. The number of phenolic OH excluding ortho intramolecular Hbond substituents is 2. The van der Waals surface area contributed by atoms with Crippen molar-refractivity contribution in [2.75, 3.05) is 27.2 Å². The Morgan fingerprint density at radius 3 is 2.56 bits per heavy atom. The molecule has 0 saturated heterocycles. The van der Waals surface area contributed by atoms with Crippen molar-refractivity contribution in [3.05, 3.63) is 23.8 Å². The number of nitrogens with zero attached hydrogens (tertiary/aromatic N) is 1. The fourth-order valence-electron chi connectivity index (χ4n) is 1.54. The van der Waals surface area contributed by atoms with Crippen LogP contribution in [0.25, 0.3) is 0 Å². The molecule has 0 radical (unpaired) electrons. The summed E-state index contributed by atoms with van der Waals surface area (Å²) in [6.45, 7) is 1.34. The van der Waals surface area contributed by atoms with Gasteiger partial charge in [-0.25, -0.2) is 0 Å². The van der Waals surface area contributed by atoms with Crippen molar-refractivity contribution in [2.24, 2.45) is 5.73 Å². The highest BCUT2D eigenvalue weighted by Gasteiger charge is 2.18. The van der Waals surface area contributed by atoms with Crippen molar-refractivity contribution < 1.29 is 15.0 Å². The lowest BCUT2D eigenvalue weighted by molar-refractivity contribution is -0.120. The van der Waals surface area contributed by atoms with Crippen molar-refractivity contribution in [1.82, 2.24) is 10.2 Å². The van der Waals surface area contributed by atoms with Gasteiger partial charge in [-0.2, -0.15) is 0 Å². The van der Waals surface area contributed by atoms with Gasteiger partial charge in [0.25, 0.3) is 0 Å². The van der Waals surface area contributed by atoms with Gasteiger partial charge in [0.2, 0.25) is 5.91 Å². The SMILES string of the molecule is CN(C)CCNC(C(N)=O)c1ccc(O)c(O)c1. The van der Waals surface area contributed by atoms with Gasteiger partial charge in [-0.3, -0.25) is 4.79 Å². The number of benzene rings is 1. The van der Waals surface area contributed by atoms with Crippen LogP contribution in [0.5, 0.6) is 11.5 Å². The second-order valence-electron chi connectivity index (χ2n) is 4.34. The number of nitrogens with two attached hydrogens (primary N) is 1. The zero-order chi connectivity index (χ0) is 13.7. The fraction of sp³-hybridized carbons (Fsp3) is 0.417. The molecule has 0 fully saturated rings. The number of hydrogen-bond acceptors (Lipinski definition) is 5. The van der Waals surface area contributed by atoms with Crippen LogP contribution >= 0.6 is 0 Å². The summed E-state index contributed by atoms with van der Waals surface area (Å²) in [7, 11) is 3.85. The number of carbonyl (C=O) groups excluding carboxylic acids is 1. The Morgan fingerprint density at radius 2 is 2.06 bits per heavy atom. The average molecular weight is 253 g/mol. The molecule has 1 atom stereocenters. The quantitative estimate of drug-likeness (QED) is 0.525. The molecule has 0 saturated carbocycles. The maximum absolute atomic E-state index is 11.4. The topological polar surface area (TPSA) is 98.8 Å². The molecule has 0 aliphatic carbocycles. The monoisotopic (exact) mass is 253 g/mol. The normalized spacial score (nSPS) is 12.6. The highest BCUT2D eigenvalue weighted by atomic mass is 16.3. The van der Waals surface area contributed by atoms with Crippen LogP contribution in [-0.2, 0) is 4.79 Å². The van der Waals surface area contributed by atoms with E-state index in [1.165, 1.54) is 12.1 Å². The van der Waals surface area contributed by atoms with Crippen molar-refractivity contribution >= 4 is 5.91 Å². The van der Waals surface area contributed by atoms with E-state index in [9.17, 15) is 15.0 Å². The summed E-state index contributed by atoms with van der Waals surface area (Å²) in [6, 6.07) is 3.52. The first kappa shape index (κ1) is 14.3. The van der Waals surface area contributed by atoms with Gasteiger partial charge in [-0.05, 0) is 31.8 Å². The number of amides is 1. The molecular formula is C12H19N3O3. The minimum atomic E-state index is -0.684. The summed E-state index contributed by atoms with van der Waals surface area (Å²) in [6.07, 6.45) is 0. The van der Waals surface area contributed by atoms with Crippen LogP contribution in [0.15, 0.2) is 18.2 Å². The summed E-state index contributed by atoms with van der Waals surface area (Å²) in [4.78, 5) is 13.3. The summed E-state index contributed by atoms with van der Waals surface area (Å²) in [5, 5.41) is 21.6. The molecule has 18 heavy (non-hydrogen) atoms. The van der Waals surface area contributed by atoms with Gasteiger partial charge in [0, 0.05) is 13.1 Å². The first-order chi connectivity index (χ1) is 8.41. The van der Waals surface area contributed by atoms with Crippen LogP contribution < -0.4 is 11.1 Å². The molecule has 100 valence electrons. The lowest BCUT2D eigenvalue weighted by Crippen LogP contribution is -2.37. The van der Waals surface area contributed by atoms with E-state index in [-0.39, 0.29) is 11.5 Å². The van der Waals surface area contributed by atoms with Gasteiger partial charge in [-0.15, -0.1) is 0 Å². The van der Waals surface area contributed by atoms with E-state index in [0.717, 1.165) is 6.54 Å². The van der Waals surface area contributed by atoms with Crippen LogP contribution in [-0.4, -0.2) is 48.2 Å². The summed E-state index contributed by atoms with van der Waals surface area (Å²) in [5.41, 5.74) is 5.84. The number of likely N-dealkylation sites (N-methyl/N-ethyl adjacent to an activating group) is 1. The van der Waals surface area contributed by atoms with Crippen molar-refractivity contribution in [3.63, 3.8) is 0 Å². The van der Waals surface area contributed by atoms with Gasteiger partial charge in [0.15, 0.2) is 11.5 Å². The second-order valence-corrected chi connectivity index (χ2v) is 4.34. The standard InChI is InChI=1S/C12H19N3O3/c1-15(2)6-5-14-11(12(13)18)8-3-4-9(16)10(17)7-8/h3-4,7,11,14,16-17H,5-6H2,1-2H3,(H2,13,18). The molecule has 5 N–H and O–H groups in total. The van der Waals surface area contributed by atoms with Crippen molar-refractivity contribution in [3.8, 4) is 11.5 Å². The van der Waals surface area contributed by atoms with E-state index in [2.05, 4.69) is 5.32 Å². The number of nitrogens with one attached hydrogen (secondary N) is 1. The molecule has 6 nitrogen and oxygen atoms in total. The van der Waals surface area contributed by atoms with Gasteiger partial charge >= 0.3 is 0 Å². The molecule has 1 rings (SSSR count). The van der Waals surface area contributed by atoms with Gasteiger partial charge in [0.1, 0.15) is 6.04 Å². The van der Waals surface area contributed by atoms with Crippen LogP contribution in [0.4, 0.5) is 0 Å². The molecule has 0 bridgehead atoms. The average Bonchev–Trinajstić information content (AvgIpc) is 2.27. The number of primary amides is 1. The Hall–Kier alpha value is -1.79. The highest BCUT2D eigenvalue weighted by Crippen LogP contribution is 2.27. The second kappa shape index (κ2) is 6.23. The Labute approximate surface area is 106 Å². The van der Waals surface area contributed by atoms with E-state index in [0.29, 0.717) is 12.1 Å². The van der Waals surface area contributed by atoms with Crippen LogP contribution in [0.1, 0.15) is 11.6 Å². The molecule has 6 heteroatoms. The molecule has 0 heterocycles. The zero-order valence-corrected chi connectivity index (χ0v) is 10.6. The molecule has 1 unspecified atom stereocenters. The molecular weight excluding hydrogens is 234 g/mol. The third-order valence-corrected chi connectivity index (χ3v) is 2.52. The lowest BCUT2D eigenvalue weighted by Gasteiger charge is -2.18.